The number of carbonyl (C=O) groups is 1. The molecule has 8 heteroatoms. The highest BCUT2D eigenvalue weighted by Gasteiger charge is 2.14. The van der Waals surface area contributed by atoms with Gasteiger partial charge in [-0.25, -0.2) is 5.43 Å². The Hall–Kier alpha value is -2.06. The first-order chi connectivity index (χ1) is 10.1. The van der Waals surface area contributed by atoms with Gasteiger partial charge in [-0.05, 0) is 22.0 Å². The molecule has 0 aliphatic rings. The zero-order valence-corrected chi connectivity index (χ0v) is 13.1. The van der Waals surface area contributed by atoms with Crippen LogP contribution < -0.4 is 5.43 Å². The minimum absolute atomic E-state index is 0.0705. The van der Waals surface area contributed by atoms with Gasteiger partial charge in [0.2, 0.25) is 5.91 Å². The molecule has 1 aromatic carbocycles. The first-order valence-electron chi connectivity index (χ1n) is 5.84. The maximum Gasteiger partial charge on any atom is 0.273 e. The fourth-order valence-corrected chi connectivity index (χ4v) is 2.92. The van der Waals surface area contributed by atoms with Crippen molar-refractivity contribution in [2.45, 2.75) is 6.42 Å². The van der Waals surface area contributed by atoms with Gasteiger partial charge < -0.3 is 0 Å². The number of carbonyl (C=O) groups excluding carboxylic acids is 1. The van der Waals surface area contributed by atoms with Crippen molar-refractivity contribution in [3.05, 3.63) is 60.7 Å². The van der Waals surface area contributed by atoms with E-state index in [1.54, 1.807) is 18.2 Å². The number of hydrazone groups is 1. The van der Waals surface area contributed by atoms with Crippen molar-refractivity contribution >= 4 is 45.1 Å². The van der Waals surface area contributed by atoms with E-state index in [4.69, 9.17) is 0 Å². The molecule has 6 nitrogen and oxygen atoms in total. The minimum atomic E-state index is -0.505. The SMILES string of the molecule is O=C(Cc1ccccc1[N+](=O)[O-])NN=Cc1cc(Br)cs1. The molecule has 0 fully saturated rings. The first-order valence-corrected chi connectivity index (χ1v) is 7.52. The number of para-hydroxylation sites is 1. The van der Waals surface area contributed by atoms with Gasteiger partial charge in [-0.3, -0.25) is 14.9 Å². The lowest BCUT2D eigenvalue weighted by Gasteiger charge is -2.01. The Balaban J connectivity index is 1.96. The maximum absolute atomic E-state index is 11.7. The van der Waals surface area contributed by atoms with Crippen LogP contribution in [0, 0.1) is 10.1 Å². The number of amides is 1. The Morgan fingerprint density at radius 1 is 1.48 bits per heavy atom. The summed E-state index contributed by atoms with van der Waals surface area (Å²) in [5.74, 6) is -0.406. The summed E-state index contributed by atoms with van der Waals surface area (Å²) in [4.78, 5) is 23.0. The molecule has 2 rings (SSSR count). The third kappa shape index (κ3) is 4.47. The fraction of sp³-hybridized carbons (Fsp3) is 0.0769. The van der Waals surface area contributed by atoms with E-state index in [9.17, 15) is 14.9 Å². The number of nitrogens with one attached hydrogen (secondary N) is 1. The largest absolute Gasteiger partial charge is 0.273 e. The van der Waals surface area contributed by atoms with Crippen molar-refractivity contribution in [3.63, 3.8) is 0 Å². The molecule has 108 valence electrons. The third-order valence-electron chi connectivity index (χ3n) is 2.51. The predicted octanol–water partition coefficient (Wildman–Crippen LogP) is 3.11. The number of nitro groups is 1. The molecule has 21 heavy (non-hydrogen) atoms. The van der Waals surface area contributed by atoms with Crippen molar-refractivity contribution in [1.82, 2.24) is 5.43 Å². The van der Waals surface area contributed by atoms with Crippen LogP contribution in [0.1, 0.15) is 10.4 Å². The van der Waals surface area contributed by atoms with Crippen LogP contribution in [0.5, 0.6) is 0 Å². The second kappa shape index (κ2) is 7.09. The van der Waals surface area contributed by atoms with Crippen molar-refractivity contribution in [1.29, 1.82) is 0 Å². The molecule has 0 aliphatic carbocycles. The molecule has 0 saturated heterocycles. The molecule has 0 radical (unpaired) electrons. The van der Waals surface area contributed by atoms with Crippen LogP contribution >= 0.6 is 27.3 Å². The van der Waals surface area contributed by atoms with Gasteiger partial charge in [0.15, 0.2) is 0 Å². The molecule has 1 aromatic heterocycles. The number of thiophene rings is 1. The van der Waals surface area contributed by atoms with Crippen LogP contribution in [0.25, 0.3) is 0 Å². The number of hydrogen-bond acceptors (Lipinski definition) is 5. The molecule has 1 amide bonds. The number of halogens is 1. The van der Waals surface area contributed by atoms with Gasteiger partial charge in [0.05, 0.1) is 17.6 Å². The monoisotopic (exact) mass is 367 g/mol. The van der Waals surface area contributed by atoms with Crippen LogP contribution in [0.4, 0.5) is 5.69 Å². The maximum atomic E-state index is 11.7. The number of benzene rings is 1. The van der Waals surface area contributed by atoms with E-state index in [2.05, 4.69) is 26.5 Å². The zero-order chi connectivity index (χ0) is 15.2. The summed E-state index contributed by atoms with van der Waals surface area (Å²) >= 11 is 4.79. The first kappa shape index (κ1) is 15.3. The molecular weight excluding hydrogens is 358 g/mol. The normalized spacial score (nSPS) is 10.7. The van der Waals surface area contributed by atoms with Gasteiger partial charge in [0, 0.05) is 26.4 Å². The quantitative estimate of drug-likeness (QED) is 0.500. The second-order valence-corrected chi connectivity index (χ2v) is 5.88. The summed E-state index contributed by atoms with van der Waals surface area (Å²) in [6.07, 6.45) is 1.43. The van der Waals surface area contributed by atoms with Crippen LogP contribution in [0.15, 0.2) is 45.3 Å². The van der Waals surface area contributed by atoms with Crippen molar-refractivity contribution in [3.8, 4) is 0 Å². The van der Waals surface area contributed by atoms with Gasteiger partial charge in [0.25, 0.3) is 5.69 Å². The molecule has 1 N–H and O–H groups in total. The van der Waals surface area contributed by atoms with Crippen molar-refractivity contribution in [2.24, 2.45) is 5.10 Å². The molecule has 0 atom stereocenters. The van der Waals surface area contributed by atoms with Gasteiger partial charge in [-0.15, -0.1) is 11.3 Å². The Labute approximate surface area is 132 Å². The summed E-state index contributed by atoms with van der Waals surface area (Å²) < 4.78 is 0.945. The Morgan fingerprint density at radius 3 is 2.90 bits per heavy atom. The van der Waals surface area contributed by atoms with Gasteiger partial charge in [-0.1, -0.05) is 18.2 Å². The molecule has 0 aliphatic heterocycles. The van der Waals surface area contributed by atoms with Crippen LogP contribution in [-0.2, 0) is 11.2 Å². The Kier molecular flexibility index (Phi) is 5.18. The lowest BCUT2D eigenvalue weighted by atomic mass is 10.1. The molecule has 0 spiro atoms. The average Bonchev–Trinajstić information content (AvgIpc) is 2.85. The average molecular weight is 368 g/mol. The van der Waals surface area contributed by atoms with E-state index in [1.165, 1.54) is 23.6 Å². The third-order valence-corrected chi connectivity index (χ3v) is 4.14. The lowest BCUT2D eigenvalue weighted by Crippen LogP contribution is -2.20. The standard InChI is InChI=1S/C13H10BrN3O3S/c14-10-6-11(21-8-10)7-15-16-13(18)5-9-3-1-2-4-12(9)17(19)20/h1-4,6-8H,5H2,(H,16,18). The van der Waals surface area contributed by atoms with Crippen molar-refractivity contribution < 1.29 is 9.72 Å². The van der Waals surface area contributed by atoms with Crippen LogP contribution in [-0.4, -0.2) is 17.0 Å². The highest BCUT2D eigenvalue weighted by Crippen LogP contribution is 2.18. The highest BCUT2D eigenvalue weighted by atomic mass is 79.9. The molecular formula is C13H10BrN3O3S. The van der Waals surface area contributed by atoms with E-state index in [0.29, 0.717) is 5.56 Å². The summed E-state index contributed by atoms with van der Waals surface area (Å²) in [7, 11) is 0. The number of nitro benzene ring substituents is 1. The fourth-order valence-electron chi connectivity index (χ4n) is 1.61. The molecule has 2 aromatic rings. The van der Waals surface area contributed by atoms with E-state index < -0.39 is 10.8 Å². The molecule has 0 bridgehead atoms. The lowest BCUT2D eigenvalue weighted by molar-refractivity contribution is -0.385. The predicted molar refractivity (Wildman–Crippen MR) is 84.6 cm³/mol. The minimum Gasteiger partial charge on any atom is -0.273 e. The Bertz CT molecular complexity index is 699. The molecule has 0 unspecified atom stereocenters. The number of rotatable bonds is 5. The molecule has 1 heterocycles. The Morgan fingerprint density at radius 2 is 2.24 bits per heavy atom. The topological polar surface area (TPSA) is 84.6 Å². The van der Waals surface area contributed by atoms with Crippen LogP contribution in [0.3, 0.4) is 0 Å². The smallest absolute Gasteiger partial charge is 0.273 e. The second-order valence-electron chi connectivity index (χ2n) is 4.02. The van der Waals surface area contributed by atoms with Gasteiger partial charge in [0.1, 0.15) is 0 Å². The zero-order valence-electron chi connectivity index (χ0n) is 10.7. The highest BCUT2D eigenvalue weighted by molar-refractivity contribution is 9.10. The van der Waals surface area contributed by atoms with Crippen molar-refractivity contribution in [2.75, 3.05) is 0 Å². The van der Waals surface area contributed by atoms with E-state index in [-0.39, 0.29) is 12.1 Å². The van der Waals surface area contributed by atoms with E-state index >= 15 is 0 Å². The number of nitrogens with zero attached hydrogens (tertiary/aromatic N) is 2. The summed E-state index contributed by atoms with van der Waals surface area (Å²) in [6.45, 7) is 0. The van der Waals surface area contributed by atoms with E-state index in [1.807, 2.05) is 11.4 Å². The summed E-state index contributed by atoms with van der Waals surface area (Å²) in [5.41, 5.74) is 2.64. The van der Waals surface area contributed by atoms with Gasteiger partial charge in [-0.2, -0.15) is 5.10 Å². The van der Waals surface area contributed by atoms with Gasteiger partial charge >= 0.3 is 0 Å². The number of hydrogen-bond donors (Lipinski definition) is 1. The summed E-state index contributed by atoms with van der Waals surface area (Å²) in [5, 5.41) is 16.6. The summed E-state index contributed by atoms with van der Waals surface area (Å²) in [6, 6.07) is 8.00. The van der Waals surface area contributed by atoms with Crippen LogP contribution in [0.2, 0.25) is 0 Å². The van der Waals surface area contributed by atoms with E-state index in [0.717, 1.165) is 9.35 Å². The molecule has 0 saturated carbocycles.